The van der Waals surface area contributed by atoms with Crippen LogP contribution >= 0.6 is 11.6 Å². The second-order valence-electron chi connectivity index (χ2n) is 7.31. The van der Waals surface area contributed by atoms with E-state index in [-0.39, 0.29) is 18.0 Å². The second-order valence-corrected chi connectivity index (χ2v) is 9.45. The first-order chi connectivity index (χ1) is 15.8. The maximum absolute atomic E-state index is 12.7. The molecule has 2 aromatic carbocycles. The molecule has 9 nitrogen and oxygen atoms in total. The summed E-state index contributed by atoms with van der Waals surface area (Å²) in [6, 6.07) is 14.0. The van der Waals surface area contributed by atoms with Gasteiger partial charge < -0.3 is 9.47 Å². The number of benzene rings is 2. The quantitative estimate of drug-likeness (QED) is 0.379. The van der Waals surface area contributed by atoms with Crippen LogP contribution < -0.4 is 14.2 Å². The molecule has 1 N–H and O–H groups in total. The predicted octanol–water partition coefficient (Wildman–Crippen LogP) is 3.43. The van der Waals surface area contributed by atoms with E-state index in [0.717, 1.165) is 5.56 Å². The molecule has 4 aromatic rings. The summed E-state index contributed by atoms with van der Waals surface area (Å²) in [4.78, 5) is 0.191. The van der Waals surface area contributed by atoms with Gasteiger partial charge in [-0.3, -0.25) is 0 Å². The number of aromatic nitrogens is 4. The third kappa shape index (κ3) is 4.92. The number of ether oxygens (including phenoxy) is 2. The molecule has 2 aromatic heterocycles. The van der Waals surface area contributed by atoms with Gasteiger partial charge in [0, 0.05) is 23.2 Å². The van der Waals surface area contributed by atoms with Crippen LogP contribution in [0.2, 0.25) is 5.02 Å². The minimum absolute atomic E-state index is 0.0636. The third-order valence-electron chi connectivity index (χ3n) is 4.96. The number of fused-ring (bicyclic) bond motifs is 1. The summed E-state index contributed by atoms with van der Waals surface area (Å²) in [5, 5.41) is 13.3. The molecular formula is C22H22ClN5O4S. The summed E-state index contributed by atoms with van der Waals surface area (Å²) in [5.74, 6) is 1.53. The highest BCUT2D eigenvalue weighted by Crippen LogP contribution is 2.24. The van der Waals surface area contributed by atoms with Gasteiger partial charge in [-0.2, -0.15) is 4.52 Å². The average Bonchev–Trinajstić information content (AvgIpc) is 3.22. The molecule has 0 fully saturated rings. The van der Waals surface area contributed by atoms with Crippen molar-refractivity contribution in [2.24, 2.45) is 0 Å². The van der Waals surface area contributed by atoms with Crippen molar-refractivity contribution in [3.63, 3.8) is 0 Å². The zero-order valence-corrected chi connectivity index (χ0v) is 19.8. The molecule has 0 unspecified atom stereocenters. The van der Waals surface area contributed by atoms with E-state index >= 15 is 0 Å². The fraction of sp³-hybridized carbons (Fsp3) is 0.227. The van der Waals surface area contributed by atoms with Crippen molar-refractivity contribution in [3.8, 4) is 23.0 Å². The Balaban J connectivity index is 1.45. The normalized spacial score (nSPS) is 11.6. The lowest BCUT2D eigenvalue weighted by molar-refractivity contribution is 0.306. The Bertz CT molecular complexity index is 1420. The molecule has 2 heterocycles. The molecule has 0 atom stereocenters. The van der Waals surface area contributed by atoms with Crippen LogP contribution in [0.5, 0.6) is 11.6 Å². The maximum Gasteiger partial charge on any atom is 0.240 e. The summed E-state index contributed by atoms with van der Waals surface area (Å²) in [5.41, 5.74) is 2.60. The fourth-order valence-corrected chi connectivity index (χ4v) is 4.79. The zero-order valence-electron chi connectivity index (χ0n) is 18.2. The standard InChI is InChI=1S/C22H22ClN5O4S/c1-14-12-19(15(2)11-18(14)23)33(29,30)24-9-10-32-21-8-7-20-25-26-22(28(20)27-21)16-5-4-6-17(13-16)31-3/h4-8,11-13,24H,9-10H2,1-3H3. The van der Waals surface area contributed by atoms with Crippen molar-refractivity contribution in [2.75, 3.05) is 20.3 Å². The van der Waals surface area contributed by atoms with E-state index in [1.807, 2.05) is 24.3 Å². The third-order valence-corrected chi connectivity index (χ3v) is 6.97. The summed E-state index contributed by atoms with van der Waals surface area (Å²) in [7, 11) is -2.11. The van der Waals surface area contributed by atoms with Crippen LogP contribution in [0.25, 0.3) is 17.0 Å². The lowest BCUT2D eigenvalue weighted by Crippen LogP contribution is -2.29. The molecular weight excluding hydrogens is 466 g/mol. The smallest absolute Gasteiger partial charge is 0.240 e. The first kappa shape index (κ1) is 23.0. The zero-order chi connectivity index (χ0) is 23.6. The average molecular weight is 488 g/mol. The Hall–Kier alpha value is -3.21. The SMILES string of the molecule is COc1cccc(-c2nnc3ccc(OCCNS(=O)(=O)c4cc(C)c(Cl)cc4C)nn23)c1. The van der Waals surface area contributed by atoms with Crippen LogP contribution in [0.15, 0.2) is 53.4 Å². The van der Waals surface area contributed by atoms with Crippen LogP contribution in [0.3, 0.4) is 0 Å². The van der Waals surface area contributed by atoms with Gasteiger partial charge in [0.1, 0.15) is 12.4 Å². The molecule has 4 rings (SSSR count). The minimum Gasteiger partial charge on any atom is -0.497 e. The highest BCUT2D eigenvalue weighted by molar-refractivity contribution is 7.89. The van der Waals surface area contributed by atoms with Gasteiger partial charge in [0.2, 0.25) is 15.9 Å². The van der Waals surface area contributed by atoms with E-state index in [4.69, 9.17) is 21.1 Å². The molecule has 0 bridgehead atoms. The van der Waals surface area contributed by atoms with E-state index in [1.165, 1.54) is 0 Å². The van der Waals surface area contributed by atoms with Gasteiger partial charge in [-0.25, -0.2) is 13.1 Å². The Morgan fingerprint density at radius 1 is 1.06 bits per heavy atom. The molecule has 0 spiro atoms. The van der Waals surface area contributed by atoms with Crippen LogP contribution in [0.4, 0.5) is 0 Å². The molecule has 0 aliphatic rings. The lowest BCUT2D eigenvalue weighted by Gasteiger charge is -2.11. The molecule has 0 aliphatic heterocycles. The van der Waals surface area contributed by atoms with Crippen molar-refractivity contribution in [3.05, 3.63) is 64.7 Å². The van der Waals surface area contributed by atoms with Crippen molar-refractivity contribution < 1.29 is 17.9 Å². The van der Waals surface area contributed by atoms with E-state index < -0.39 is 10.0 Å². The van der Waals surface area contributed by atoms with Gasteiger partial charge in [0.15, 0.2) is 11.5 Å². The minimum atomic E-state index is -3.71. The summed E-state index contributed by atoms with van der Waals surface area (Å²) in [6.07, 6.45) is 0. The number of nitrogens with zero attached hydrogens (tertiary/aromatic N) is 4. The van der Waals surface area contributed by atoms with Gasteiger partial charge in [0.05, 0.1) is 12.0 Å². The van der Waals surface area contributed by atoms with Crippen molar-refractivity contribution in [1.29, 1.82) is 0 Å². The first-order valence-electron chi connectivity index (χ1n) is 10.0. The van der Waals surface area contributed by atoms with Crippen molar-refractivity contribution >= 4 is 27.3 Å². The Morgan fingerprint density at radius 3 is 2.67 bits per heavy atom. The molecule has 0 saturated heterocycles. The molecule has 0 amide bonds. The van der Waals surface area contributed by atoms with Gasteiger partial charge in [-0.1, -0.05) is 23.7 Å². The predicted molar refractivity (Wildman–Crippen MR) is 124 cm³/mol. The fourth-order valence-electron chi connectivity index (χ4n) is 3.24. The number of hydrogen-bond acceptors (Lipinski definition) is 7. The highest BCUT2D eigenvalue weighted by atomic mass is 35.5. The topological polar surface area (TPSA) is 108 Å². The van der Waals surface area contributed by atoms with Gasteiger partial charge >= 0.3 is 0 Å². The van der Waals surface area contributed by atoms with Crippen LogP contribution in [-0.4, -0.2) is 48.5 Å². The molecule has 33 heavy (non-hydrogen) atoms. The van der Waals surface area contributed by atoms with E-state index in [2.05, 4.69) is 20.0 Å². The van der Waals surface area contributed by atoms with Crippen LogP contribution in [0.1, 0.15) is 11.1 Å². The number of rotatable bonds is 8. The number of hydrogen-bond donors (Lipinski definition) is 1. The molecule has 0 saturated carbocycles. The maximum atomic E-state index is 12.7. The Kier molecular flexibility index (Phi) is 6.50. The summed E-state index contributed by atoms with van der Waals surface area (Å²) >= 11 is 6.07. The van der Waals surface area contributed by atoms with Gasteiger partial charge in [-0.15, -0.1) is 15.3 Å². The monoisotopic (exact) mass is 487 g/mol. The van der Waals surface area contributed by atoms with Crippen molar-refractivity contribution in [2.45, 2.75) is 18.7 Å². The van der Waals surface area contributed by atoms with Gasteiger partial charge in [0.25, 0.3) is 0 Å². The Morgan fingerprint density at radius 2 is 1.88 bits per heavy atom. The van der Waals surface area contributed by atoms with E-state index in [0.29, 0.717) is 39.3 Å². The second kappa shape index (κ2) is 9.34. The number of methoxy groups -OCH3 is 1. The lowest BCUT2D eigenvalue weighted by atomic mass is 10.2. The molecule has 0 aliphatic carbocycles. The Labute approximate surface area is 196 Å². The number of sulfonamides is 1. The van der Waals surface area contributed by atoms with Gasteiger partial charge in [-0.05, 0) is 55.3 Å². The van der Waals surface area contributed by atoms with Crippen LogP contribution in [0, 0.1) is 13.8 Å². The summed E-state index contributed by atoms with van der Waals surface area (Å²) < 4.78 is 40.4. The van der Waals surface area contributed by atoms with E-state index in [9.17, 15) is 8.42 Å². The molecule has 11 heteroatoms. The van der Waals surface area contributed by atoms with Crippen molar-refractivity contribution in [1.82, 2.24) is 24.5 Å². The number of nitrogens with one attached hydrogen (secondary N) is 1. The number of halogens is 1. The van der Waals surface area contributed by atoms with E-state index in [1.54, 1.807) is 49.7 Å². The highest BCUT2D eigenvalue weighted by Gasteiger charge is 2.18. The number of aryl methyl sites for hydroxylation is 2. The summed E-state index contributed by atoms with van der Waals surface area (Å²) in [6.45, 7) is 3.61. The molecule has 0 radical (unpaired) electrons. The first-order valence-corrected chi connectivity index (χ1v) is 11.9. The molecule has 172 valence electrons. The largest absolute Gasteiger partial charge is 0.497 e. The van der Waals surface area contributed by atoms with Crippen LogP contribution in [-0.2, 0) is 10.0 Å².